The molecule has 0 aromatic carbocycles. The van der Waals surface area contributed by atoms with Crippen molar-refractivity contribution in [2.45, 2.75) is 31.9 Å². The van der Waals surface area contributed by atoms with Crippen LogP contribution in [0, 0.1) is 5.92 Å². The molecule has 7 heteroatoms. The molecule has 3 rings (SSSR count). The molecular formula is C13H12F3N3O. The van der Waals surface area contributed by atoms with Crippen LogP contribution in [-0.2, 0) is 12.6 Å². The molecule has 0 spiro atoms. The third-order valence-electron chi connectivity index (χ3n) is 3.79. The molecule has 0 aliphatic heterocycles. The van der Waals surface area contributed by atoms with Crippen molar-refractivity contribution in [1.29, 1.82) is 0 Å². The zero-order chi connectivity index (χ0) is 14.3. The topological polar surface area (TPSA) is 47.3 Å². The Hall–Kier alpha value is -1.92. The summed E-state index contributed by atoms with van der Waals surface area (Å²) in [6, 6.07) is 1.16. The van der Waals surface area contributed by atoms with Gasteiger partial charge in [-0.3, -0.25) is 9.20 Å². The summed E-state index contributed by atoms with van der Waals surface area (Å²) in [5, 5.41) is 7.50. The van der Waals surface area contributed by atoms with Gasteiger partial charge in [0.1, 0.15) is 11.4 Å². The van der Waals surface area contributed by atoms with Crippen LogP contribution in [0.15, 0.2) is 12.3 Å². The number of rotatable bonds is 3. The largest absolute Gasteiger partial charge is 0.420 e. The van der Waals surface area contributed by atoms with Gasteiger partial charge in [-0.1, -0.05) is 19.3 Å². The van der Waals surface area contributed by atoms with Gasteiger partial charge in [0.05, 0.1) is 0 Å². The Balaban J connectivity index is 2.12. The second-order valence-corrected chi connectivity index (χ2v) is 5.07. The molecule has 0 radical (unpaired) electrons. The maximum Gasteiger partial charge on any atom is 0.420 e. The van der Waals surface area contributed by atoms with Gasteiger partial charge in [0.2, 0.25) is 0 Å². The van der Waals surface area contributed by atoms with E-state index in [1.165, 1.54) is 10.6 Å². The lowest BCUT2D eigenvalue weighted by Gasteiger charge is -2.24. The van der Waals surface area contributed by atoms with Crippen LogP contribution in [0.5, 0.6) is 0 Å². The van der Waals surface area contributed by atoms with Gasteiger partial charge in [0.15, 0.2) is 11.9 Å². The fourth-order valence-corrected chi connectivity index (χ4v) is 2.50. The first-order valence-corrected chi connectivity index (χ1v) is 6.39. The number of nitrogens with zero attached hydrogens (tertiary/aromatic N) is 3. The predicted octanol–water partition coefficient (Wildman–Crippen LogP) is 2.90. The molecule has 0 saturated heterocycles. The van der Waals surface area contributed by atoms with Crippen LogP contribution in [0.1, 0.15) is 41.0 Å². The Kier molecular flexibility index (Phi) is 2.99. The smallest absolute Gasteiger partial charge is 0.298 e. The molecule has 0 N–H and O–H groups in total. The highest BCUT2D eigenvalue weighted by Crippen LogP contribution is 2.35. The zero-order valence-electron chi connectivity index (χ0n) is 10.5. The van der Waals surface area contributed by atoms with E-state index in [0.717, 1.165) is 25.3 Å². The van der Waals surface area contributed by atoms with Crippen molar-refractivity contribution in [3.63, 3.8) is 0 Å². The second kappa shape index (κ2) is 4.57. The predicted molar refractivity (Wildman–Crippen MR) is 64.4 cm³/mol. The summed E-state index contributed by atoms with van der Waals surface area (Å²) in [4.78, 5) is 10.8. The Morgan fingerprint density at radius 1 is 1.35 bits per heavy atom. The van der Waals surface area contributed by atoms with Gasteiger partial charge in [-0.15, -0.1) is 10.2 Å². The van der Waals surface area contributed by atoms with Gasteiger partial charge in [-0.25, -0.2) is 0 Å². The van der Waals surface area contributed by atoms with Gasteiger partial charge >= 0.3 is 6.18 Å². The molecule has 0 amide bonds. The first kappa shape index (κ1) is 13.1. The molecule has 2 aromatic heterocycles. The number of carbonyl (C=O) groups is 1. The lowest BCUT2D eigenvalue weighted by Crippen LogP contribution is -2.16. The zero-order valence-corrected chi connectivity index (χ0v) is 10.5. The molecule has 1 fully saturated rings. The number of alkyl halides is 3. The van der Waals surface area contributed by atoms with Gasteiger partial charge in [-0.05, 0) is 12.0 Å². The van der Waals surface area contributed by atoms with Crippen molar-refractivity contribution in [3.05, 3.63) is 29.2 Å². The Morgan fingerprint density at radius 3 is 2.65 bits per heavy atom. The maximum absolute atomic E-state index is 13.1. The molecule has 1 aliphatic rings. The number of aromatic nitrogens is 3. The van der Waals surface area contributed by atoms with Crippen molar-refractivity contribution in [2.24, 2.45) is 5.92 Å². The van der Waals surface area contributed by atoms with E-state index in [2.05, 4.69) is 10.2 Å². The fraction of sp³-hybridized carbons (Fsp3) is 0.462. The van der Waals surface area contributed by atoms with E-state index in [9.17, 15) is 18.0 Å². The highest BCUT2D eigenvalue weighted by atomic mass is 19.4. The molecule has 2 aromatic rings. The quantitative estimate of drug-likeness (QED) is 0.814. The number of carbonyl (C=O) groups excluding carboxylic acids is 1. The third kappa shape index (κ3) is 2.07. The number of hydrogen-bond donors (Lipinski definition) is 0. The van der Waals surface area contributed by atoms with Crippen LogP contribution in [0.2, 0.25) is 0 Å². The molecular weight excluding hydrogens is 271 g/mol. The van der Waals surface area contributed by atoms with Gasteiger partial charge in [0, 0.05) is 18.2 Å². The minimum atomic E-state index is -4.63. The standard InChI is InChI=1S/C13H12F3N3O/c14-13(15,16)11-9(7-20)4-5-19-10(17-18-12(11)19)6-8-2-1-3-8/h4-5,7-8H,1-3,6H2. The summed E-state index contributed by atoms with van der Waals surface area (Å²) in [7, 11) is 0. The normalized spacial score (nSPS) is 16.4. The van der Waals surface area contributed by atoms with Crippen molar-refractivity contribution in [3.8, 4) is 0 Å². The molecule has 106 valence electrons. The molecule has 20 heavy (non-hydrogen) atoms. The van der Waals surface area contributed by atoms with E-state index in [1.807, 2.05) is 0 Å². The lowest BCUT2D eigenvalue weighted by molar-refractivity contribution is -0.136. The molecule has 0 unspecified atom stereocenters. The number of halogens is 3. The van der Waals surface area contributed by atoms with Crippen molar-refractivity contribution < 1.29 is 18.0 Å². The van der Waals surface area contributed by atoms with Crippen LogP contribution in [-0.4, -0.2) is 20.9 Å². The van der Waals surface area contributed by atoms with E-state index >= 15 is 0 Å². The molecule has 0 bridgehead atoms. The lowest BCUT2D eigenvalue weighted by atomic mass is 9.83. The average molecular weight is 283 g/mol. The molecule has 1 aliphatic carbocycles. The summed E-state index contributed by atoms with van der Waals surface area (Å²) < 4.78 is 40.6. The van der Waals surface area contributed by atoms with Gasteiger partial charge in [-0.2, -0.15) is 13.2 Å². The van der Waals surface area contributed by atoms with Crippen LogP contribution in [0.25, 0.3) is 5.65 Å². The monoisotopic (exact) mass is 283 g/mol. The highest BCUT2D eigenvalue weighted by molar-refractivity contribution is 5.81. The minimum absolute atomic E-state index is 0.198. The fourth-order valence-electron chi connectivity index (χ4n) is 2.50. The van der Waals surface area contributed by atoms with Gasteiger partial charge < -0.3 is 0 Å². The Bertz CT molecular complexity index is 659. The number of aldehydes is 1. The molecule has 0 atom stereocenters. The van der Waals surface area contributed by atoms with Crippen molar-refractivity contribution >= 4 is 11.9 Å². The summed E-state index contributed by atoms with van der Waals surface area (Å²) in [5.74, 6) is 0.995. The van der Waals surface area contributed by atoms with Crippen molar-refractivity contribution in [1.82, 2.24) is 14.6 Å². The minimum Gasteiger partial charge on any atom is -0.298 e. The van der Waals surface area contributed by atoms with Gasteiger partial charge in [0.25, 0.3) is 0 Å². The number of pyridine rings is 1. The molecule has 4 nitrogen and oxygen atoms in total. The number of hydrogen-bond acceptors (Lipinski definition) is 3. The first-order chi connectivity index (χ1) is 9.50. The van der Waals surface area contributed by atoms with Crippen LogP contribution in [0.4, 0.5) is 13.2 Å². The first-order valence-electron chi connectivity index (χ1n) is 6.39. The Labute approximate surface area is 112 Å². The second-order valence-electron chi connectivity index (χ2n) is 5.07. The maximum atomic E-state index is 13.1. The summed E-state index contributed by atoms with van der Waals surface area (Å²) >= 11 is 0. The summed E-state index contributed by atoms with van der Waals surface area (Å²) in [5.41, 5.74) is -1.72. The third-order valence-corrected chi connectivity index (χ3v) is 3.79. The van der Waals surface area contributed by atoms with Crippen LogP contribution in [0.3, 0.4) is 0 Å². The van der Waals surface area contributed by atoms with E-state index in [-0.39, 0.29) is 11.9 Å². The highest BCUT2D eigenvalue weighted by Gasteiger charge is 2.37. The average Bonchev–Trinajstić information content (AvgIpc) is 2.74. The summed E-state index contributed by atoms with van der Waals surface area (Å²) in [6.45, 7) is 0. The van der Waals surface area contributed by atoms with Crippen LogP contribution >= 0.6 is 0 Å². The van der Waals surface area contributed by atoms with Crippen LogP contribution < -0.4 is 0 Å². The summed E-state index contributed by atoms with van der Waals surface area (Å²) in [6.07, 6.45) is 0.940. The SMILES string of the molecule is O=Cc1ccn2c(CC3CCC3)nnc2c1C(F)(F)F. The number of fused-ring (bicyclic) bond motifs is 1. The van der Waals surface area contributed by atoms with Crippen molar-refractivity contribution in [2.75, 3.05) is 0 Å². The molecule has 1 saturated carbocycles. The molecule has 2 heterocycles. The Morgan fingerprint density at radius 2 is 2.10 bits per heavy atom. The van der Waals surface area contributed by atoms with E-state index in [4.69, 9.17) is 0 Å². The van der Waals surface area contributed by atoms with E-state index in [0.29, 0.717) is 18.2 Å². The van der Waals surface area contributed by atoms with E-state index in [1.54, 1.807) is 0 Å². The van der Waals surface area contributed by atoms with E-state index < -0.39 is 17.3 Å².